The molecule has 1 heterocycles. The van der Waals surface area contributed by atoms with E-state index in [0.29, 0.717) is 12.2 Å². The first-order valence-electron chi connectivity index (χ1n) is 9.62. The van der Waals surface area contributed by atoms with Gasteiger partial charge in [-0.2, -0.15) is 0 Å². The molecule has 1 aliphatic rings. The van der Waals surface area contributed by atoms with Gasteiger partial charge in [-0.25, -0.2) is 17.5 Å². The minimum atomic E-state index is -3.75. The van der Waals surface area contributed by atoms with E-state index in [9.17, 15) is 12.8 Å². The summed E-state index contributed by atoms with van der Waals surface area (Å²) in [7, 11) is -2.17. The van der Waals surface area contributed by atoms with Gasteiger partial charge in [-0.15, -0.1) is 0 Å². The van der Waals surface area contributed by atoms with Crippen molar-refractivity contribution < 1.29 is 17.5 Å². The van der Waals surface area contributed by atoms with Gasteiger partial charge in [0.05, 0.1) is 17.7 Å². The van der Waals surface area contributed by atoms with Crippen LogP contribution in [0.25, 0.3) is 0 Å². The highest BCUT2D eigenvalue weighted by Gasteiger charge is 2.28. The molecule has 0 unspecified atom stereocenters. The third-order valence-electron chi connectivity index (χ3n) is 4.89. The molecular weight excluding hydrogens is 393 g/mol. The number of hydrogen-bond donors (Lipinski definition) is 2. The third kappa shape index (κ3) is 5.46. The second-order valence-electron chi connectivity index (χ2n) is 7.86. The summed E-state index contributed by atoms with van der Waals surface area (Å²) in [5, 5.41) is 3.29. The van der Waals surface area contributed by atoms with Gasteiger partial charge < -0.3 is 15.0 Å². The molecule has 0 saturated carbocycles. The molecule has 0 atom stereocenters. The molecule has 2 N–H and O–H groups in total. The van der Waals surface area contributed by atoms with E-state index in [0.717, 1.165) is 37.4 Å². The Balaban J connectivity index is 1.83. The highest BCUT2D eigenvalue weighted by Crippen LogP contribution is 2.31. The Hall–Kier alpha value is -2.16. The predicted octanol–water partition coefficient (Wildman–Crippen LogP) is 2.54. The fourth-order valence-corrected chi connectivity index (χ4v) is 4.99. The zero-order valence-corrected chi connectivity index (χ0v) is 17.9. The Labute approximate surface area is 172 Å². The molecule has 0 aromatic heterocycles. The number of hydrogen-bond acceptors (Lipinski definition) is 5. The number of rotatable bonds is 7. The van der Waals surface area contributed by atoms with E-state index >= 15 is 0 Å². The Kier molecular flexibility index (Phi) is 6.45. The highest BCUT2D eigenvalue weighted by molar-refractivity contribution is 7.89. The number of ether oxygens (including phenoxy) is 1. The van der Waals surface area contributed by atoms with E-state index in [1.165, 1.54) is 12.1 Å². The average Bonchev–Trinajstić information content (AvgIpc) is 2.69. The molecule has 158 valence electrons. The normalized spacial score (nSPS) is 15.4. The van der Waals surface area contributed by atoms with E-state index < -0.39 is 15.6 Å². The van der Waals surface area contributed by atoms with E-state index in [1.54, 1.807) is 37.4 Å². The second-order valence-corrected chi connectivity index (χ2v) is 9.55. The van der Waals surface area contributed by atoms with Crippen molar-refractivity contribution in [1.29, 1.82) is 0 Å². The molecule has 2 aromatic rings. The molecule has 6 nitrogen and oxygen atoms in total. The summed E-state index contributed by atoms with van der Waals surface area (Å²) in [5.41, 5.74) is 0.884. The fourth-order valence-electron chi connectivity index (χ4n) is 3.56. The number of piperazine rings is 1. The Bertz CT molecular complexity index is 940. The van der Waals surface area contributed by atoms with Gasteiger partial charge >= 0.3 is 0 Å². The van der Waals surface area contributed by atoms with Crippen molar-refractivity contribution >= 4 is 15.7 Å². The molecule has 2 aromatic carbocycles. The van der Waals surface area contributed by atoms with Crippen molar-refractivity contribution in [1.82, 2.24) is 10.0 Å². The second kappa shape index (κ2) is 8.69. The summed E-state index contributed by atoms with van der Waals surface area (Å²) in [4.78, 5) is 2.32. The lowest BCUT2D eigenvalue weighted by Gasteiger charge is -2.31. The smallest absolute Gasteiger partial charge is 0.241 e. The number of nitrogens with zero attached hydrogens (tertiary/aromatic N) is 1. The van der Waals surface area contributed by atoms with Crippen molar-refractivity contribution in [2.24, 2.45) is 0 Å². The minimum absolute atomic E-state index is 0.194. The molecule has 0 spiro atoms. The van der Waals surface area contributed by atoms with Gasteiger partial charge in [0.15, 0.2) is 0 Å². The molecule has 0 aliphatic carbocycles. The summed E-state index contributed by atoms with van der Waals surface area (Å²) < 4.78 is 47.5. The maximum atomic E-state index is 13.1. The van der Waals surface area contributed by atoms with Crippen LogP contribution in [0.15, 0.2) is 47.4 Å². The molecule has 0 radical (unpaired) electrons. The zero-order chi connectivity index (χ0) is 21.1. The van der Waals surface area contributed by atoms with Gasteiger partial charge in [0.2, 0.25) is 10.0 Å². The first-order chi connectivity index (χ1) is 13.7. The van der Waals surface area contributed by atoms with Crippen LogP contribution in [0.3, 0.4) is 0 Å². The first kappa shape index (κ1) is 21.5. The molecular formula is C21H28FN3O3S. The zero-order valence-electron chi connectivity index (χ0n) is 17.0. The van der Waals surface area contributed by atoms with Gasteiger partial charge in [0.25, 0.3) is 0 Å². The summed E-state index contributed by atoms with van der Waals surface area (Å²) in [6.07, 6.45) is 0.438. The first-order valence-corrected chi connectivity index (χ1v) is 11.1. The summed E-state index contributed by atoms with van der Waals surface area (Å²) in [6.45, 7) is 6.86. The van der Waals surface area contributed by atoms with Gasteiger partial charge in [0, 0.05) is 31.7 Å². The van der Waals surface area contributed by atoms with Crippen LogP contribution in [-0.4, -0.2) is 47.2 Å². The lowest BCUT2D eigenvalue weighted by Crippen LogP contribution is -2.45. The monoisotopic (exact) mass is 421 g/mol. The molecule has 1 saturated heterocycles. The van der Waals surface area contributed by atoms with Gasteiger partial charge in [-0.05, 0) is 56.2 Å². The van der Waals surface area contributed by atoms with Crippen LogP contribution < -0.4 is 19.7 Å². The minimum Gasteiger partial charge on any atom is -0.495 e. The lowest BCUT2D eigenvalue weighted by molar-refractivity contribution is 0.412. The average molecular weight is 422 g/mol. The van der Waals surface area contributed by atoms with Crippen LogP contribution >= 0.6 is 0 Å². The van der Waals surface area contributed by atoms with Crippen molar-refractivity contribution in [3.05, 3.63) is 53.8 Å². The number of sulfonamides is 1. The van der Waals surface area contributed by atoms with E-state index in [1.807, 2.05) is 13.8 Å². The van der Waals surface area contributed by atoms with Crippen LogP contribution in [0, 0.1) is 5.82 Å². The van der Waals surface area contributed by atoms with Crippen LogP contribution in [0.2, 0.25) is 0 Å². The highest BCUT2D eigenvalue weighted by atomic mass is 32.2. The van der Waals surface area contributed by atoms with Gasteiger partial charge in [0.1, 0.15) is 11.6 Å². The van der Waals surface area contributed by atoms with Crippen molar-refractivity contribution in [2.45, 2.75) is 30.7 Å². The number of methoxy groups -OCH3 is 1. The van der Waals surface area contributed by atoms with E-state index in [2.05, 4.69) is 14.9 Å². The summed E-state index contributed by atoms with van der Waals surface area (Å²) >= 11 is 0. The Morgan fingerprint density at radius 1 is 1.14 bits per heavy atom. The number of benzene rings is 2. The topological polar surface area (TPSA) is 70.7 Å². The number of nitrogens with one attached hydrogen (secondary N) is 2. The maximum Gasteiger partial charge on any atom is 0.241 e. The Morgan fingerprint density at radius 3 is 2.41 bits per heavy atom. The maximum absolute atomic E-state index is 13.1. The standard InChI is InChI=1S/C21H28FN3O3S/c1-21(2,15-16-4-6-17(22)7-5-16)24-29(26,27)18-8-9-20(28-3)19(14-18)25-12-10-23-11-13-25/h4-9,14,23-24H,10-13,15H2,1-3H3. The fraction of sp³-hybridized carbons (Fsp3) is 0.429. The molecule has 3 rings (SSSR count). The summed E-state index contributed by atoms with van der Waals surface area (Å²) in [5.74, 6) is 0.335. The van der Waals surface area contributed by atoms with Crippen molar-refractivity contribution in [3.8, 4) is 5.75 Å². The number of halogens is 1. The van der Waals surface area contributed by atoms with Crippen molar-refractivity contribution in [3.63, 3.8) is 0 Å². The predicted molar refractivity (Wildman–Crippen MR) is 113 cm³/mol. The van der Waals surface area contributed by atoms with Crippen LogP contribution in [-0.2, 0) is 16.4 Å². The molecule has 0 amide bonds. The summed E-state index contributed by atoms with van der Waals surface area (Å²) in [6, 6.07) is 11.0. The molecule has 0 bridgehead atoms. The van der Waals surface area contributed by atoms with Gasteiger partial charge in [-0.3, -0.25) is 0 Å². The van der Waals surface area contributed by atoms with E-state index in [-0.39, 0.29) is 10.7 Å². The Morgan fingerprint density at radius 2 is 1.79 bits per heavy atom. The quantitative estimate of drug-likeness (QED) is 0.719. The van der Waals surface area contributed by atoms with Crippen LogP contribution in [0.1, 0.15) is 19.4 Å². The van der Waals surface area contributed by atoms with E-state index in [4.69, 9.17) is 4.74 Å². The molecule has 1 aliphatic heterocycles. The number of anilines is 1. The van der Waals surface area contributed by atoms with Gasteiger partial charge in [-0.1, -0.05) is 12.1 Å². The van der Waals surface area contributed by atoms with Crippen LogP contribution in [0.5, 0.6) is 5.75 Å². The molecule has 29 heavy (non-hydrogen) atoms. The van der Waals surface area contributed by atoms with Crippen LogP contribution in [0.4, 0.5) is 10.1 Å². The SMILES string of the molecule is COc1ccc(S(=O)(=O)NC(C)(C)Cc2ccc(F)cc2)cc1N1CCNCC1. The largest absolute Gasteiger partial charge is 0.495 e. The lowest BCUT2D eigenvalue weighted by atomic mass is 9.96. The molecule has 8 heteroatoms. The third-order valence-corrected chi connectivity index (χ3v) is 6.58. The van der Waals surface area contributed by atoms with Crippen molar-refractivity contribution in [2.75, 3.05) is 38.2 Å². The molecule has 1 fully saturated rings.